The SMILES string of the molecule is CC(NC1CC1)[C@@H]1CNc2ncccc21. The van der Waals surface area contributed by atoms with Gasteiger partial charge in [-0.3, -0.25) is 0 Å². The van der Waals surface area contributed by atoms with Gasteiger partial charge in [0.15, 0.2) is 0 Å². The zero-order valence-corrected chi connectivity index (χ0v) is 9.03. The van der Waals surface area contributed by atoms with Gasteiger partial charge in [-0.2, -0.15) is 0 Å². The summed E-state index contributed by atoms with van der Waals surface area (Å²) in [6.07, 6.45) is 4.56. The number of aromatic nitrogens is 1. The number of anilines is 1. The Morgan fingerprint density at radius 1 is 1.53 bits per heavy atom. The van der Waals surface area contributed by atoms with Crippen LogP contribution in [0.2, 0.25) is 0 Å². The molecule has 0 radical (unpaired) electrons. The molecule has 0 bridgehead atoms. The molecule has 15 heavy (non-hydrogen) atoms. The maximum Gasteiger partial charge on any atom is 0.129 e. The molecule has 2 aliphatic rings. The van der Waals surface area contributed by atoms with Gasteiger partial charge in [0.1, 0.15) is 5.82 Å². The molecule has 1 aromatic heterocycles. The Hall–Kier alpha value is -1.09. The van der Waals surface area contributed by atoms with Crippen LogP contribution in [-0.4, -0.2) is 23.6 Å². The predicted octanol–water partition coefficient (Wildman–Crippen LogP) is 1.73. The van der Waals surface area contributed by atoms with Gasteiger partial charge in [0, 0.05) is 36.3 Å². The van der Waals surface area contributed by atoms with Crippen LogP contribution in [0.15, 0.2) is 18.3 Å². The molecule has 2 atom stereocenters. The highest BCUT2D eigenvalue weighted by molar-refractivity contribution is 5.52. The highest BCUT2D eigenvalue weighted by atomic mass is 15.1. The van der Waals surface area contributed by atoms with Crippen molar-refractivity contribution in [3.05, 3.63) is 23.9 Å². The summed E-state index contributed by atoms with van der Waals surface area (Å²) in [5.74, 6) is 1.65. The van der Waals surface area contributed by atoms with Gasteiger partial charge in [0.25, 0.3) is 0 Å². The number of fused-ring (bicyclic) bond motifs is 1. The topological polar surface area (TPSA) is 37.0 Å². The number of pyridine rings is 1. The van der Waals surface area contributed by atoms with E-state index >= 15 is 0 Å². The van der Waals surface area contributed by atoms with Gasteiger partial charge in [-0.1, -0.05) is 6.07 Å². The number of nitrogens with one attached hydrogen (secondary N) is 2. The molecule has 0 amide bonds. The second-order valence-corrected chi connectivity index (χ2v) is 4.66. The van der Waals surface area contributed by atoms with Crippen LogP contribution in [-0.2, 0) is 0 Å². The quantitative estimate of drug-likeness (QED) is 0.785. The summed E-state index contributed by atoms with van der Waals surface area (Å²) in [4.78, 5) is 4.35. The van der Waals surface area contributed by atoms with E-state index in [4.69, 9.17) is 0 Å². The number of hydrogen-bond donors (Lipinski definition) is 2. The standard InChI is InChI=1S/C12H17N3/c1-8(15-9-4-5-9)11-7-14-12-10(11)3-2-6-13-12/h2-3,6,8-9,11,15H,4-5,7H2,1H3,(H,13,14)/t8?,11-/m0/s1. The lowest BCUT2D eigenvalue weighted by atomic mass is 9.96. The molecule has 1 aliphatic heterocycles. The van der Waals surface area contributed by atoms with E-state index in [2.05, 4.69) is 28.6 Å². The Balaban J connectivity index is 1.77. The minimum Gasteiger partial charge on any atom is -0.369 e. The van der Waals surface area contributed by atoms with Crippen LogP contribution in [0.25, 0.3) is 0 Å². The minimum atomic E-state index is 0.551. The molecule has 3 nitrogen and oxygen atoms in total. The van der Waals surface area contributed by atoms with Crippen molar-refractivity contribution in [1.29, 1.82) is 0 Å². The van der Waals surface area contributed by atoms with Gasteiger partial charge in [-0.25, -0.2) is 4.98 Å². The largest absolute Gasteiger partial charge is 0.369 e. The molecule has 0 aromatic carbocycles. The molecule has 1 aromatic rings. The van der Waals surface area contributed by atoms with Gasteiger partial charge in [0.2, 0.25) is 0 Å². The van der Waals surface area contributed by atoms with Gasteiger partial charge >= 0.3 is 0 Å². The Morgan fingerprint density at radius 3 is 3.20 bits per heavy atom. The zero-order valence-electron chi connectivity index (χ0n) is 9.03. The third-order valence-electron chi connectivity index (χ3n) is 3.41. The molecule has 1 aliphatic carbocycles. The first-order valence-corrected chi connectivity index (χ1v) is 5.79. The van der Waals surface area contributed by atoms with Crippen molar-refractivity contribution < 1.29 is 0 Å². The van der Waals surface area contributed by atoms with Crippen molar-refractivity contribution in [2.45, 2.75) is 37.8 Å². The van der Waals surface area contributed by atoms with Crippen LogP contribution in [0.3, 0.4) is 0 Å². The zero-order chi connectivity index (χ0) is 10.3. The van der Waals surface area contributed by atoms with E-state index in [0.717, 1.165) is 18.4 Å². The first kappa shape index (κ1) is 9.16. The fraction of sp³-hybridized carbons (Fsp3) is 0.583. The van der Waals surface area contributed by atoms with Gasteiger partial charge < -0.3 is 10.6 Å². The molecule has 1 saturated carbocycles. The summed E-state index contributed by atoms with van der Waals surface area (Å²) in [5.41, 5.74) is 1.37. The van der Waals surface area contributed by atoms with E-state index in [0.29, 0.717) is 12.0 Å². The summed E-state index contributed by atoms with van der Waals surface area (Å²) in [6, 6.07) is 5.55. The summed E-state index contributed by atoms with van der Waals surface area (Å²) >= 11 is 0. The monoisotopic (exact) mass is 203 g/mol. The highest BCUT2D eigenvalue weighted by Crippen LogP contribution is 2.32. The van der Waals surface area contributed by atoms with Crippen LogP contribution in [0.4, 0.5) is 5.82 Å². The van der Waals surface area contributed by atoms with Crippen molar-refractivity contribution in [2.24, 2.45) is 0 Å². The molecule has 3 rings (SSSR count). The van der Waals surface area contributed by atoms with E-state index < -0.39 is 0 Å². The van der Waals surface area contributed by atoms with Crippen molar-refractivity contribution in [1.82, 2.24) is 10.3 Å². The third kappa shape index (κ3) is 1.72. The fourth-order valence-electron chi connectivity index (χ4n) is 2.37. The number of nitrogens with zero attached hydrogens (tertiary/aromatic N) is 1. The van der Waals surface area contributed by atoms with Crippen molar-refractivity contribution in [3.8, 4) is 0 Å². The molecule has 3 heteroatoms. The fourth-order valence-corrected chi connectivity index (χ4v) is 2.37. The Morgan fingerprint density at radius 2 is 2.40 bits per heavy atom. The maximum absolute atomic E-state index is 4.35. The summed E-state index contributed by atoms with van der Waals surface area (Å²) < 4.78 is 0. The smallest absolute Gasteiger partial charge is 0.129 e. The minimum absolute atomic E-state index is 0.551. The average molecular weight is 203 g/mol. The van der Waals surface area contributed by atoms with Crippen molar-refractivity contribution in [3.63, 3.8) is 0 Å². The number of rotatable bonds is 3. The van der Waals surface area contributed by atoms with Crippen LogP contribution < -0.4 is 10.6 Å². The second kappa shape index (κ2) is 3.49. The van der Waals surface area contributed by atoms with Crippen LogP contribution in [0.1, 0.15) is 31.2 Å². The maximum atomic E-state index is 4.35. The van der Waals surface area contributed by atoms with Gasteiger partial charge in [0.05, 0.1) is 0 Å². The second-order valence-electron chi connectivity index (χ2n) is 4.66. The Bertz CT molecular complexity index is 360. The van der Waals surface area contributed by atoms with Crippen LogP contribution >= 0.6 is 0 Å². The summed E-state index contributed by atoms with van der Waals surface area (Å²) in [6.45, 7) is 3.31. The normalized spacial score (nSPS) is 25.8. The molecule has 0 spiro atoms. The van der Waals surface area contributed by atoms with E-state index in [1.807, 2.05) is 12.3 Å². The summed E-state index contributed by atoms with van der Waals surface area (Å²) in [7, 11) is 0. The predicted molar refractivity (Wildman–Crippen MR) is 61.1 cm³/mol. The van der Waals surface area contributed by atoms with Crippen LogP contribution in [0.5, 0.6) is 0 Å². The van der Waals surface area contributed by atoms with Gasteiger partial charge in [-0.05, 0) is 25.8 Å². The average Bonchev–Trinajstić information content (AvgIpc) is 2.96. The lowest BCUT2D eigenvalue weighted by Crippen LogP contribution is -2.34. The molecule has 2 N–H and O–H groups in total. The molecular weight excluding hydrogens is 186 g/mol. The molecule has 80 valence electrons. The molecular formula is C12H17N3. The first-order chi connectivity index (χ1) is 7.34. The lowest BCUT2D eigenvalue weighted by Gasteiger charge is -2.20. The third-order valence-corrected chi connectivity index (χ3v) is 3.41. The van der Waals surface area contributed by atoms with E-state index in [-0.39, 0.29) is 0 Å². The first-order valence-electron chi connectivity index (χ1n) is 5.79. The van der Waals surface area contributed by atoms with Crippen molar-refractivity contribution in [2.75, 3.05) is 11.9 Å². The molecule has 0 saturated heterocycles. The Labute approximate surface area is 90.3 Å². The van der Waals surface area contributed by atoms with E-state index in [1.54, 1.807) is 0 Å². The Kier molecular flexibility index (Phi) is 2.13. The van der Waals surface area contributed by atoms with E-state index in [1.165, 1.54) is 18.4 Å². The van der Waals surface area contributed by atoms with Crippen molar-refractivity contribution >= 4 is 5.82 Å². The molecule has 1 fully saturated rings. The van der Waals surface area contributed by atoms with Crippen LogP contribution in [0, 0.1) is 0 Å². The lowest BCUT2D eigenvalue weighted by molar-refractivity contribution is 0.478. The molecule has 2 heterocycles. The summed E-state index contributed by atoms with van der Waals surface area (Å²) in [5, 5.41) is 7.04. The number of hydrogen-bond acceptors (Lipinski definition) is 3. The van der Waals surface area contributed by atoms with Gasteiger partial charge in [-0.15, -0.1) is 0 Å². The highest BCUT2D eigenvalue weighted by Gasteiger charge is 2.31. The molecule has 1 unspecified atom stereocenters. The van der Waals surface area contributed by atoms with E-state index in [9.17, 15) is 0 Å².